The number of nitrogens with zero attached hydrogens (tertiary/aromatic N) is 1. The molecule has 2 aromatic rings. The van der Waals surface area contributed by atoms with Crippen molar-refractivity contribution in [3.05, 3.63) is 69.7 Å². The van der Waals surface area contributed by atoms with Crippen molar-refractivity contribution in [1.82, 2.24) is 4.72 Å². The van der Waals surface area contributed by atoms with Crippen LogP contribution in [0.15, 0.2) is 48.5 Å². The Balaban J connectivity index is 2.33. The maximum absolute atomic E-state index is 12.3. The number of halogens is 2. The van der Waals surface area contributed by atoms with Gasteiger partial charge in [-0.25, -0.2) is 13.1 Å². The van der Waals surface area contributed by atoms with Crippen LogP contribution in [-0.4, -0.2) is 14.3 Å². The van der Waals surface area contributed by atoms with E-state index in [1.165, 1.54) is 30.3 Å². The lowest BCUT2D eigenvalue weighted by Gasteiger charge is -2.13. The molecular weight excluding hydrogens is 359 g/mol. The van der Waals surface area contributed by atoms with Crippen LogP contribution in [0.5, 0.6) is 0 Å². The molecule has 5 nitrogen and oxygen atoms in total. The molecule has 2 aromatic carbocycles. The molecule has 0 radical (unpaired) electrons. The Morgan fingerprint density at radius 3 is 2.17 bits per heavy atom. The highest BCUT2D eigenvalue weighted by Gasteiger charge is 2.30. The Kier molecular flexibility index (Phi) is 5.26. The van der Waals surface area contributed by atoms with Crippen molar-refractivity contribution in [2.45, 2.75) is 5.25 Å². The highest BCUT2D eigenvalue weighted by atomic mass is 35.5. The SMILES string of the molecule is N#CC(c1cc(Cl)cc(Cl)c1)S(=O)(=O)NC(=O)c1ccccc1. The molecule has 8 heteroatoms. The Bertz CT molecular complexity index is 857. The number of benzene rings is 2. The van der Waals surface area contributed by atoms with Gasteiger partial charge >= 0.3 is 0 Å². The maximum Gasteiger partial charge on any atom is 0.264 e. The predicted molar refractivity (Wildman–Crippen MR) is 87.6 cm³/mol. The number of nitrogens with one attached hydrogen (secondary N) is 1. The Hall–Kier alpha value is -2.07. The van der Waals surface area contributed by atoms with Gasteiger partial charge in [0, 0.05) is 15.6 Å². The van der Waals surface area contributed by atoms with E-state index in [-0.39, 0.29) is 21.2 Å². The van der Waals surface area contributed by atoms with Crippen molar-refractivity contribution in [2.24, 2.45) is 0 Å². The number of carbonyl (C=O) groups is 1. The van der Waals surface area contributed by atoms with Crippen molar-refractivity contribution >= 4 is 39.1 Å². The Labute approximate surface area is 143 Å². The van der Waals surface area contributed by atoms with Crippen molar-refractivity contribution in [3.63, 3.8) is 0 Å². The van der Waals surface area contributed by atoms with Gasteiger partial charge in [-0.1, -0.05) is 41.4 Å². The van der Waals surface area contributed by atoms with Crippen LogP contribution >= 0.6 is 23.2 Å². The summed E-state index contributed by atoms with van der Waals surface area (Å²) in [6, 6.07) is 13.5. The van der Waals surface area contributed by atoms with Gasteiger partial charge < -0.3 is 0 Å². The molecule has 1 unspecified atom stereocenters. The summed E-state index contributed by atoms with van der Waals surface area (Å²) in [5.41, 5.74) is 0.246. The van der Waals surface area contributed by atoms with E-state index in [1.54, 1.807) is 24.3 Å². The topological polar surface area (TPSA) is 87.0 Å². The van der Waals surface area contributed by atoms with Gasteiger partial charge in [0.2, 0.25) is 0 Å². The molecule has 0 saturated carbocycles. The molecule has 0 aliphatic carbocycles. The lowest BCUT2D eigenvalue weighted by Crippen LogP contribution is -2.34. The zero-order valence-electron chi connectivity index (χ0n) is 11.5. The molecule has 118 valence electrons. The summed E-state index contributed by atoms with van der Waals surface area (Å²) in [4.78, 5) is 12.0. The first kappa shape index (κ1) is 17.3. The molecular formula is C15H10Cl2N2O3S. The molecule has 0 bridgehead atoms. The van der Waals surface area contributed by atoms with Crippen LogP contribution < -0.4 is 4.72 Å². The lowest BCUT2D eigenvalue weighted by molar-refractivity contribution is 0.0981. The Morgan fingerprint density at radius 1 is 1.09 bits per heavy atom. The molecule has 0 saturated heterocycles. The van der Waals surface area contributed by atoms with Crippen LogP contribution in [0, 0.1) is 11.3 Å². The summed E-state index contributed by atoms with van der Waals surface area (Å²) < 4.78 is 26.5. The lowest BCUT2D eigenvalue weighted by atomic mass is 10.2. The van der Waals surface area contributed by atoms with E-state index in [0.29, 0.717) is 0 Å². The number of carbonyl (C=O) groups excluding carboxylic acids is 1. The van der Waals surface area contributed by atoms with Crippen LogP contribution in [0.1, 0.15) is 21.2 Å². The van der Waals surface area contributed by atoms with Crippen LogP contribution in [0.3, 0.4) is 0 Å². The number of rotatable bonds is 4. The first-order valence-electron chi connectivity index (χ1n) is 6.30. The van der Waals surface area contributed by atoms with Crippen LogP contribution in [-0.2, 0) is 10.0 Å². The second-order valence-corrected chi connectivity index (χ2v) is 7.19. The zero-order chi connectivity index (χ0) is 17.0. The molecule has 0 aliphatic rings. The molecule has 2 rings (SSSR count). The maximum atomic E-state index is 12.3. The minimum atomic E-state index is -4.28. The zero-order valence-corrected chi connectivity index (χ0v) is 13.9. The molecule has 1 amide bonds. The molecule has 0 heterocycles. The molecule has 0 spiro atoms. The summed E-state index contributed by atoms with van der Waals surface area (Å²) in [6.07, 6.45) is 0. The smallest absolute Gasteiger partial charge is 0.264 e. The van der Waals surface area contributed by atoms with E-state index >= 15 is 0 Å². The number of amides is 1. The van der Waals surface area contributed by atoms with Gasteiger partial charge in [-0.3, -0.25) is 4.79 Å². The number of hydrogen-bond donors (Lipinski definition) is 1. The van der Waals surface area contributed by atoms with Crippen molar-refractivity contribution in [1.29, 1.82) is 5.26 Å². The largest absolute Gasteiger partial charge is 0.268 e. The summed E-state index contributed by atoms with van der Waals surface area (Å²) in [5, 5.41) is 7.98. The monoisotopic (exact) mass is 368 g/mol. The van der Waals surface area contributed by atoms with Gasteiger partial charge in [-0.2, -0.15) is 5.26 Å². The van der Waals surface area contributed by atoms with E-state index in [9.17, 15) is 18.5 Å². The van der Waals surface area contributed by atoms with Gasteiger partial charge in [0.05, 0.1) is 6.07 Å². The van der Waals surface area contributed by atoms with Crippen LogP contribution in [0.25, 0.3) is 0 Å². The molecule has 0 fully saturated rings. The molecule has 23 heavy (non-hydrogen) atoms. The third-order valence-electron chi connectivity index (χ3n) is 2.89. The summed E-state index contributed by atoms with van der Waals surface area (Å²) in [6.45, 7) is 0. The third-order valence-corrected chi connectivity index (χ3v) is 4.79. The van der Waals surface area contributed by atoms with Crippen molar-refractivity contribution in [3.8, 4) is 6.07 Å². The minimum absolute atomic E-state index is 0.0818. The number of hydrogen-bond acceptors (Lipinski definition) is 4. The normalized spacial score (nSPS) is 12.2. The predicted octanol–water partition coefficient (Wildman–Crippen LogP) is 3.32. The molecule has 0 aromatic heterocycles. The first-order valence-corrected chi connectivity index (χ1v) is 8.60. The average molecular weight is 369 g/mol. The van der Waals surface area contributed by atoms with E-state index in [2.05, 4.69) is 0 Å². The summed E-state index contributed by atoms with van der Waals surface area (Å²) in [7, 11) is -4.28. The average Bonchev–Trinajstić information content (AvgIpc) is 2.47. The molecule has 1 N–H and O–H groups in total. The second kappa shape index (κ2) is 7.01. The van der Waals surface area contributed by atoms with Gasteiger partial charge in [0.15, 0.2) is 5.25 Å². The number of nitriles is 1. The molecule has 0 aliphatic heterocycles. The van der Waals surface area contributed by atoms with Gasteiger partial charge in [0.25, 0.3) is 15.9 Å². The summed E-state index contributed by atoms with van der Waals surface area (Å²) >= 11 is 11.7. The fraction of sp³-hybridized carbons (Fsp3) is 0.0667. The fourth-order valence-corrected chi connectivity index (χ4v) is 3.56. The Morgan fingerprint density at radius 2 is 1.65 bits per heavy atom. The summed E-state index contributed by atoms with van der Waals surface area (Å²) in [5.74, 6) is -0.820. The highest BCUT2D eigenvalue weighted by Crippen LogP contribution is 2.27. The van der Waals surface area contributed by atoms with E-state index in [1.807, 2.05) is 4.72 Å². The van der Waals surface area contributed by atoms with Crippen LogP contribution in [0.4, 0.5) is 0 Å². The van der Waals surface area contributed by atoms with Gasteiger partial charge in [0.1, 0.15) is 0 Å². The van der Waals surface area contributed by atoms with Crippen molar-refractivity contribution < 1.29 is 13.2 Å². The van der Waals surface area contributed by atoms with Crippen LogP contribution in [0.2, 0.25) is 10.0 Å². The van der Waals surface area contributed by atoms with Gasteiger partial charge in [-0.05, 0) is 35.9 Å². The van der Waals surface area contributed by atoms with E-state index in [4.69, 9.17) is 23.2 Å². The number of sulfonamides is 1. The van der Waals surface area contributed by atoms with Gasteiger partial charge in [-0.15, -0.1) is 0 Å². The van der Waals surface area contributed by atoms with Crippen molar-refractivity contribution in [2.75, 3.05) is 0 Å². The minimum Gasteiger partial charge on any atom is -0.268 e. The second-order valence-electron chi connectivity index (χ2n) is 4.55. The molecule has 1 atom stereocenters. The fourth-order valence-electron chi connectivity index (χ4n) is 1.89. The van der Waals surface area contributed by atoms with E-state index in [0.717, 1.165) is 0 Å². The standard InChI is InChI=1S/C15H10Cl2N2O3S/c16-12-6-11(7-13(17)8-12)14(9-18)23(21,22)19-15(20)10-4-2-1-3-5-10/h1-8,14H,(H,19,20). The highest BCUT2D eigenvalue weighted by molar-refractivity contribution is 7.90. The third kappa shape index (κ3) is 4.23. The quantitative estimate of drug-likeness (QED) is 0.896. The first-order chi connectivity index (χ1) is 10.8. The van der Waals surface area contributed by atoms with E-state index < -0.39 is 21.2 Å².